The highest BCUT2D eigenvalue weighted by Crippen LogP contribution is 2.27. The molecule has 0 saturated heterocycles. The van der Waals surface area contributed by atoms with Crippen LogP contribution >= 0.6 is 0 Å². The predicted molar refractivity (Wildman–Crippen MR) is 69.6 cm³/mol. The predicted octanol–water partition coefficient (Wildman–Crippen LogP) is 2.49. The summed E-state index contributed by atoms with van der Waals surface area (Å²) < 4.78 is 0. The topological polar surface area (TPSA) is 70.7 Å². The van der Waals surface area contributed by atoms with Gasteiger partial charge in [0.2, 0.25) is 0 Å². The summed E-state index contributed by atoms with van der Waals surface area (Å²) in [6.07, 6.45) is 1.41. The Morgan fingerprint density at radius 1 is 1.39 bits per heavy atom. The van der Waals surface area contributed by atoms with Crippen molar-refractivity contribution in [1.82, 2.24) is 15.4 Å². The molecule has 94 valence electrons. The van der Waals surface area contributed by atoms with E-state index in [0.29, 0.717) is 5.92 Å². The van der Waals surface area contributed by atoms with Gasteiger partial charge in [0.1, 0.15) is 0 Å². The maximum absolute atomic E-state index is 12.0. The summed E-state index contributed by atoms with van der Waals surface area (Å²) >= 11 is 0. The lowest BCUT2D eigenvalue weighted by Crippen LogP contribution is -2.15. The molecule has 0 radical (unpaired) electrons. The van der Waals surface area contributed by atoms with Crippen molar-refractivity contribution in [2.24, 2.45) is 0 Å². The Kier molecular flexibility index (Phi) is 3.41. The number of aromatic amines is 1. The summed E-state index contributed by atoms with van der Waals surface area (Å²) in [6.45, 7) is 6.17. The van der Waals surface area contributed by atoms with E-state index in [9.17, 15) is 4.79 Å². The quantitative estimate of drug-likeness (QED) is 0.871. The van der Waals surface area contributed by atoms with Gasteiger partial charge in [-0.2, -0.15) is 15.4 Å². The lowest BCUT2D eigenvalue weighted by atomic mass is 9.98. The molecule has 5 heteroatoms. The number of para-hydroxylation sites is 1. The number of anilines is 1. The minimum absolute atomic E-state index is 0.250. The van der Waals surface area contributed by atoms with Crippen LogP contribution in [0.3, 0.4) is 0 Å². The van der Waals surface area contributed by atoms with Crippen LogP contribution in [-0.4, -0.2) is 21.3 Å². The molecule has 0 aliphatic rings. The molecular formula is C13H16N4O. The fraction of sp³-hybridized carbons (Fsp3) is 0.308. The SMILES string of the molecule is Cc1cccc(C(C)C)c1NC(=O)c1cn[nH]n1. The first kappa shape index (κ1) is 12.3. The second kappa shape index (κ2) is 5.00. The van der Waals surface area contributed by atoms with E-state index in [2.05, 4.69) is 34.6 Å². The molecule has 0 unspecified atom stereocenters. The molecule has 1 aromatic heterocycles. The second-order valence-corrected chi connectivity index (χ2v) is 4.50. The van der Waals surface area contributed by atoms with Gasteiger partial charge in [0.25, 0.3) is 5.91 Å². The first-order chi connectivity index (χ1) is 8.59. The largest absolute Gasteiger partial charge is 0.320 e. The van der Waals surface area contributed by atoms with E-state index in [-0.39, 0.29) is 11.6 Å². The Morgan fingerprint density at radius 3 is 2.78 bits per heavy atom. The molecule has 1 aromatic carbocycles. The Hall–Kier alpha value is -2.17. The van der Waals surface area contributed by atoms with Gasteiger partial charge in [-0.15, -0.1) is 0 Å². The monoisotopic (exact) mass is 244 g/mol. The lowest BCUT2D eigenvalue weighted by Gasteiger charge is -2.15. The van der Waals surface area contributed by atoms with E-state index in [1.54, 1.807) is 0 Å². The smallest absolute Gasteiger partial charge is 0.277 e. The zero-order chi connectivity index (χ0) is 13.1. The van der Waals surface area contributed by atoms with Gasteiger partial charge in [0, 0.05) is 5.69 Å². The van der Waals surface area contributed by atoms with Crippen molar-refractivity contribution >= 4 is 11.6 Å². The number of hydrogen-bond donors (Lipinski definition) is 2. The molecule has 1 amide bonds. The number of carbonyl (C=O) groups is 1. The van der Waals surface area contributed by atoms with E-state index in [4.69, 9.17) is 0 Å². The van der Waals surface area contributed by atoms with Crippen LogP contribution in [0, 0.1) is 6.92 Å². The molecule has 0 aliphatic carbocycles. The van der Waals surface area contributed by atoms with Crippen molar-refractivity contribution in [2.75, 3.05) is 5.32 Å². The third-order valence-corrected chi connectivity index (χ3v) is 2.81. The summed E-state index contributed by atoms with van der Waals surface area (Å²) in [4.78, 5) is 12.0. The average Bonchev–Trinajstić information content (AvgIpc) is 2.85. The van der Waals surface area contributed by atoms with Crippen LogP contribution in [0.2, 0.25) is 0 Å². The van der Waals surface area contributed by atoms with Gasteiger partial charge in [-0.3, -0.25) is 4.79 Å². The summed E-state index contributed by atoms with van der Waals surface area (Å²) in [7, 11) is 0. The van der Waals surface area contributed by atoms with Crippen LogP contribution in [0.1, 0.15) is 41.4 Å². The fourth-order valence-corrected chi connectivity index (χ4v) is 1.83. The van der Waals surface area contributed by atoms with Crippen molar-refractivity contribution in [2.45, 2.75) is 26.7 Å². The molecule has 1 heterocycles. The molecule has 0 fully saturated rings. The molecule has 2 aromatic rings. The van der Waals surface area contributed by atoms with Crippen molar-refractivity contribution in [3.8, 4) is 0 Å². The number of carbonyl (C=O) groups excluding carboxylic acids is 1. The highest BCUT2D eigenvalue weighted by atomic mass is 16.2. The standard InChI is InChI=1S/C13H16N4O/c1-8(2)10-6-4-5-9(3)12(10)15-13(18)11-7-14-17-16-11/h4-8H,1-3H3,(H,15,18)(H,14,16,17). The summed E-state index contributed by atoms with van der Waals surface area (Å²) in [6, 6.07) is 6.00. The fourth-order valence-electron chi connectivity index (χ4n) is 1.83. The van der Waals surface area contributed by atoms with Gasteiger partial charge >= 0.3 is 0 Å². The summed E-state index contributed by atoms with van der Waals surface area (Å²) in [5, 5.41) is 12.7. The van der Waals surface area contributed by atoms with Crippen LogP contribution < -0.4 is 5.32 Å². The second-order valence-electron chi connectivity index (χ2n) is 4.50. The molecule has 0 saturated carbocycles. The van der Waals surface area contributed by atoms with Crippen LogP contribution in [-0.2, 0) is 0 Å². The number of hydrogen-bond acceptors (Lipinski definition) is 3. The van der Waals surface area contributed by atoms with Crippen molar-refractivity contribution in [1.29, 1.82) is 0 Å². The number of aromatic nitrogens is 3. The summed E-state index contributed by atoms with van der Waals surface area (Å²) in [5.41, 5.74) is 3.30. The first-order valence-corrected chi connectivity index (χ1v) is 5.86. The van der Waals surface area contributed by atoms with Crippen molar-refractivity contribution < 1.29 is 4.79 Å². The molecule has 18 heavy (non-hydrogen) atoms. The zero-order valence-corrected chi connectivity index (χ0v) is 10.7. The van der Waals surface area contributed by atoms with E-state index < -0.39 is 0 Å². The van der Waals surface area contributed by atoms with Crippen molar-refractivity contribution in [3.05, 3.63) is 41.2 Å². The Labute approximate surface area is 106 Å². The van der Waals surface area contributed by atoms with E-state index >= 15 is 0 Å². The van der Waals surface area contributed by atoms with Gasteiger partial charge in [-0.25, -0.2) is 0 Å². The molecule has 0 spiro atoms. The number of aryl methyl sites for hydroxylation is 1. The number of nitrogens with zero attached hydrogens (tertiary/aromatic N) is 2. The van der Waals surface area contributed by atoms with Gasteiger partial charge in [0.15, 0.2) is 5.69 Å². The highest BCUT2D eigenvalue weighted by molar-refractivity contribution is 6.03. The van der Waals surface area contributed by atoms with E-state index in [1.807, 2.05) is 25.1 Å². The van der Waals surface area contributed by atoms with Gasteiger partial charge < -0.3 is 5.32 Å². The molecule has 0 atom stereocenters. The van der Waals surface area contributed by atoms with Crippen LogP contribution in [0.15, 0.2) is 24.4 Å². The highest BCUT2D eigenvalue weighted by Gasteiger charge is 2.14. The number of H-pyrrole nitrogens is 1. The number of amides is 1. The van der Waals surface area contributed by atoms with E-state index in [1.165, 1.54) is 6.20 Å². The molecule has 2 N–H and O–H groups in total. The molecule has 2 rings (SSSR count). The normalized spacial score (nSPS) is 10.7. The maximum Gasteiger partial charge on any atom is 0.277 e. The average molecular weight is 244 g/mol. The van der Waals surface area contributed by atoms with Crippen LogP contribution in [0.5, 0.6) is 0 Å². The van der Waals surface area contributed by atoms with Gasteiger partial charge in [0.05, 0.1) is 6.20 Å². The maximum atomic E-state index is 12.0. The third-order valence-electron chi connectivity index (χ3n) is 2.81. The van der Waals surface area contributed by atoms with Crippen LogP contribution in [0.25, 0.3) is 0 Å². The lowest BCUT2D eigenvalue weighted by molar-refractivity contribution is 0.102. The summed E-state index contributed by atoms with van der Waals surface area (Å²) in [5.74, 6) is 0.0949. The minimum Gasteiger partial charge on any atom is -0.320 e. The van der Waals surface area contributed by atoms with E-state index in [0.717, 1.165) is 16.8 Å². The van der Waals surface area contributed by atoms with Crippen LogP contribution in [0.4, 0.5) is 5.69 Å². The number of rotatable bonds is 3. The minimum atomic E-state index is -0.250. The number of nitrogens with one attached hydrogen (secondary N) is 2. The van der Waals surface area contributed by atoms with Gasteiger partial charge in [-0.1, -0.05) is 32.0 Å². The Morgan fingerprint density at radius 2 is 2.17 bits per heavy atom. The molecular weight excluding hydrogens is 228 g/mol. The Bertz CT molecular complexity index is 546. The Balaban J connectivity index is 2.31. The zero-order valence-electron chi connectivity index (χ0n) is 10.7. The van der Waals surface area contributed by atoms with Crippen molar-refractivity contribution in [3.63, 3.8) is 0 Å². The third kappa shape index (κ3) is 2.40. The molecule has 5 nitrogen and oxygen atoms in total. The molecule has 0 bridgehead atoms. The number of benzene rings is 1. The first-order valence-electron chi connectivity index (χ1n) is 5.86. The van der Waals surface area contributed by atoms with Gasteiger partial charge in [-0.05, 0) is 24.0 Å². The molecule has 0 aliphatic heterocycles.